The summed E-state index contributed by atoms with van der Waals surface area (Å²) >= 11 is 4.35. The Morgan fingerprint density at radius 3 is 2.24 bits per heavy atom. The van der Waals surface area contributed by atoms with Crippen molar-refractivity contribution in [3.8, 4) is 0 Å². The number of carbonyl (C=O) groups is 3. The highest BCUT2D eigenvalue weighted by Crippen LogP contribution is 2.30. The van der Waals surface area contributed by atoms with Gasteiger partial charge in [-0.3, -0.25) is 9.59 Å². The third kappa shape index (κ3) is 5.40. The van der Waals surface area contributed by atoms with Crippen LogP contribution < -0.4 is 4.90 Å². The lowest BCUT2D eigenvalue weighted by Gasteiger charge is -2.28. The van der Waals surface area contributed by atoms with E-state index >= 15 is 0 Å². The molecule has 0 bridgehead atoms. The molecule has 0 saturated carbocycles. The first kappa shape index (κ1) is 25.7. The van der Waals surface area contributed by atoms with Gasteiger partial charge < -0.3 is 14.9 Å². The van der Waals surface area contributed by atoms with Crippen LogP contribution in [0.15, 0.2) is 53.4 Å². The molecular weight excluding hydrogens is 485 g/mol. The van der Waals surface area contributed by atoms with Gasteiger partial charge in [0.1, 0.15) is 11.9 Å². The first-order valence-corrected chi connectivity index (χ1v) is 12.2. The highest BCUT2D eigenvalue weighted by molar-refractivity contribution is 7.89. The predicted molar refractivity (Wildman–Crippen MR) is 126 cm³/mol. The maximum absolute atomic E-state index is 13.2. The second-order valence-corrected chi connectivity index (χ2v) is 10.6. The molecule has 1 N–H and O–H groups in total. The number of halogens is 1. The summed E-state index contributed by atoms with van der Waals surface area (Å²) in [7, 11) is -1.20. The van der Waals surface area contributed by atoms with Crippen LogP contribution in [-0.4, -0.2) is 79.0 Å². The van der Waals surface area contributed by atoms with Gasteiger partial charge in [0.05, 0.1) is 17.0 Å². The molecule has 2 aromatic carbocycles. The Kier molecular flexibility index (Phi) is 7.64. The van der Waals surface area contributed by atoms with Gasteiger partial charge in [-0.1, -0.05) is 0 Å². The van der Waals surface area contributed by atoms with E-state index in [1.165, 1.54) is 43.3 Å². The van der Waals surface area contributed by atoms with Crippen molar-refractivity contribution in [1.29, 1.82) is 0 Å². The van der Waals surface area contributed by atoms with E-state index in [1.807, 2.05) is 0 Å². The van der Waals surface area contributed by atoms with Gasteiger partial charge in [0, 0.05) is 31.6 Å². The fraction of sp³-hybridized carbons (Fsp3) is 0.318. The van der Waals surface area contributed by atoms with Gasteiger partial charge in [-0.2, -0.15) is 16.9 Å². The predicted octanol–water partition coefficient (Wildman–Crippen LogP) is 1.71. The van der Waals surface area contributed by atoms with Crippen LogP contribution >= 0.6 is 12.6 Å². The van der Waals surface area contributed by atoms with E-state index < -0.39 is 39.7 Å². The molecular formula is C22H24FN3O6S2. The summed E-state index contributed by atoms with van der Waals surface area (Å²) in [6.07, 6.45) is 0.160. The number of hydrogen-bond donors (Lipinski definition) is 2. The van der Waals surface area contributed by atoms with Crippen molar-refractivity contribution >= 4 is 46.1 Å². The number of hydrogen-bond acceptors (Lipinski definition) is 6. The molecule has 182 valence electrons. The Morgan fingerprint density at radius 1 is 1.09 bits per heavy atom. The van der Waals surface area contributed by atoms with Crippen molar-refractivity contribution in [2.24, 2.45) is 0 Å². The van der Waals surface area contributed by atoms with Gasteiger partial charge >= 0.3 is 5.97 Å². The summed E-state index contributed by atoms with van der Waals surface area (Å²) in [5.74, 6) is -2.69. The lowest BCUT2D eigenvalue weighted by atomic mass is 10.2. The van der Waals surface area contributed by atoms with Gasteiger partial charge in [0.15, 0.2) is 0 Å². The van der Waals surface area contributed by atoms with Gasteiger partial charge in [-0.05, 0) is 55.0 Å². The third-order valence-corrected chi connectivity index (χ3v) is 7.83. The van der Waals surface area contributed by atoms with Gasteiger partial charge in [-0.25, -0.2) is 17.6 Å². The lowest BCUT2D eigenvalue weighted by Crippen LogP contribution is -2.49. The second-order valence-electron chi connectivity index (χ2n) is 7.93. The fourth-order valence-electron chi connectivity index (χ4n) is 3.63. The molecule has 2 aromatic rings. The summed E-state index contributed by atoms with van der Waals surface area (Å²) in [5.41, 5.74) is 0.509. The topological polar surface area (TPSA) is 115 Å². The van der Waals surface area contributed by atoms with E-state index in [0.29, 0.717) is 5.69 Å². The van der Waals surface area contributed by atoms with Gasteiger partial charge in [-0.15, -0.1) is 0 Å². The summed E-state index contributed by atoms with van der Waals surface area (Å²) in [4.78, 5) is 39.1. The van der Waals surface area contributed by atoms with E-state index in [4.69, 9.17) is 5.11 Å². The summed E-state index contributed by atoms with van der Waals surface area (Å²) in [6, 6.07) is 8.94. The fourth-order valence-corrected chi connectivity index (χ4v) is 5.75. The van der Waals surface area contributed by atoms with Gasteiger partial charge in [0.25, 0.3) is 0 Å². The maximum atomic E-state index is 13.2. The van der Waals surface area contributed by atoms with E-state index in [2.05, 4.69) is 12.6 Å². The first-order valence-electron chi connectivity index (χ1n) is 10.2. The number of thiol groups is 1. The molecule has 3 rings (SSSR count). The Labute approximate surface area is 202 Å². The number of likely N-dealkylation sites (N-methyl/N-ethyl adjacent to an activating group) is 2. The smallest absolute Gasteiger partial charge is 0.335 e. The average Bonchev–Trinajstić information content (AvgIpc) is 3.20. The highest BCUT2D eigenvalue weighted by Gasteiger charge is 2.44. The average molecular weight is 510 g/mol. The van der Waals surface area contributed by atoms with Crippen molar-refractivity contribution in [2.75, 3.05) is 32.1 Å². The molecule has 1 aliphatic heterocycles. The number of sulfonamides is 1. The standard InChI is InChI=1S/C22H24FN3O6S2/c1-24(13-20(27)25(2)16-7-3-14(4-8-16)22(29)30)21(28)19-11-17(33)12-26(19)34(31,32)18-9-5-15(23)6-10-18/h3-10,17,19,33H,11-13H2,1-2H3,(H,29,30). The largest absolute Gasteiger partial charge is 0.478 e. The zero-order valence-corrected chi connectivity index (χ0v) is 20.2. The SMILES string of the molecule is CN(CC(=O)N(C)c1ccc(C(=O)O)cc1)C(=O)C1CC(S)CN1S(=O)(=O)c1ccc(F)cc1. The Balaban J connectivity index is 1.73. The molecule has 2 amide bonds. The lowest BCUT2D eigenvalue weighted by molar-refractivity contribution is -0.136. The molecule has 34 heavy (non-hydrogen) atoms. The second kappa shape index (κ2) is 10.1. The monoisotopic (exact) mass is 509 g/mol. The molecule has 0 aliphatic carbocycles. The van der Waals surface area contributed by atoms with Gasteiger partial charge in [0.2, 0.25) is 21.8 Å². The van der Waals surface area contributed by atoms with Crippen LogP contribution in [0.4, 0.5) is 10.1 Å². The Bertz CT molecular complexity index is 1190. The molecule has 0 spiro atoms. The normalized spacial score (nSPS) is 18.5. The van der Waals surface area contributed by atoms with Crippen LogP contribution in [0.3, 0.4) is 0 Å². The van der Waals surface area contributed by atoms with E-state index in [9.17, 15) is 27.2 Å². The summed E-state index contributed by atoms with van der Waals surface area (Å²) in [5, 5.41) is 8.61. The van der Waals surface area contributed by atoms with Crippen molar-refractivity contribution in [1.82, 2.24) is 9.21 Å². The number of anilines is 1. The molecule has 1 saturated heterocycles. The minimum absolute atomic E-state index is 0.00313. The molecule has 2 unspecified atom stereocenters. The van der Waals surface area contributed by atoms with Crippen LogP contribution in [-0.2, 0) is 19.6 Å². The van der Waals surface area contributed by atoms with Crippen LogP contribution in [0, 0.1) is 5.82 Å². The van der Waals surface area contributed by atoms with Crippen molar-refractivity contribution < 1.29 is 32.3 Å². The minimum Gasteiger partial charge on any atom is -0.478 e. The van der Waals surface area contributed by atoms with Crippen molar-refractivity contribution in [3.05, 3.63) is 59.9 Å². The summed E-state index contributed by atoms with van der Waals surface area (Å²) < 4.78 is 40.5. The van der Waals surface area contributed by atoms with E-state index in [-0.39, 0.29) is 35.2 Å². The number of benzene rings is 2. The van der Waals surface area contributed by atoms with Crippen molar-refractivity contribution in [2.45, 2.75) is 22.6 Å². The number of carbonyl (C=O) groups excluding carboxylic acids is 2. The molecule has 9 nitrogen and oxygen atoms in total. The minimum atomic E-state index is -4.09. The number of carboxylic acid groups (broad SMARTS) is 1. The third-order valence-electron chi connectivity index (χ3n) is 5.56. The van der Waals surface area contributed by atoms with Crippen molar-refractivity contribution in [3.63, 3.8) is 0 Å². The molecule has 1 heterocycles. The number of nitrogens with zero attached hydrogens (tertiary/aromatic N) is 3. The van der Waals surface area contributed by atoms with E-state index in [1.54, 1.807) is 0 Å². The molecule has 1 aliphatic rings. The van der Waals surface area contributed by atoms with Crippen LogP contribution in [0.2, 0.25) is 0 Å². The molecule has 2 atom stereocenters. The van der Waals surface area contributed by atoms with Crippen LogP contribution in [0.25, 0.3) is 0 Å². The molecule has 12 heteroatoms. The zero-order chi connectivity index (χ0) is 25.2. The maximum Gasteiger partial charge on any atom is 0.335 e. The number of amides is 2. The Hall–Kier alpha value is -2.96. The molecule has 0 aromatic heterocycles. The highest BCUT2D eigenvalue weighted by atomic mass is 32.2. The number of aromatic carboxylic acids is 1. The van der Waals surface area contributed by atoms with Crippen LogP contribution in [0.5, 0.6) is 0 Å². The van der Waals surface area contributed by atoms with E-state index in [0.717, 1.165) is 33.5 Å². The number of rotatable bonds is 7. The number of carboxylic acids is 1. The van der Waals surface area contributed by atoms with Crippen LogP contribution in [0.1, 0.15) is 16.8 Å². The molecule has 1 fully saturated rings. The Morgan fingerprint density at radius 2 is 1.68 bits per heavy atom. The zero-order valence-electron chi connectivity index (χ0n) is 18.5. The first-order chi connectivity index (χ1) is 15.9. The quantitative estimate of drug-likeness (QED) is 0.549. The summed E-state index contributed by atoms with van der Waals surface area (Å²) in [6.45, 7) is -0.328. The molecule has 0 radical (unpaired) electrons.